The lowest BCUT2D eigenvalue weighted by Gasteiger charge is -2.21. The summed E-state index contributed by atoms with van der Waals surface area (Å²) in [6.45, 7) is 4.09. The van der Waals surface area contributed by atoms with Crippen LogP contribution >= 0.6 is 0 Å². The molecule has 0 bridgehead atoms. The second-order valence-corrected chi connectivity index (χ2v) is 8.05. The number of benzodiazepines with no additional fused rings is 1. The minimum Gasteiger partial charge on any atom is -0.311 e. The Kier molecular flexibility index (Phi) is 7.76. The molecule has 1 aliphatic rings. The van der Waals surface area contributed by atoms with Crippen LogP contribution in [0.5, 0.6) is 0 Å². The molecule has 3 rings (SSSR count). The minimum atomic E-state index is -1.12. The summed E-state index contributed by atoms with van der Waals surface area (Å²) in [6.07, 6.45) is 3.65. The van der Waals surface area contributed by atoms with Crippen molar-refractivity contribution in [2.24, 2.45) is 4.99 Å². The summed E-state index contributed by atoms with van der Waals surface area (Å²) in [4.78, 5) is 31.8. The van der Waals surface area contributed by atoms with Gasteiger partial charge in [-0.15, -0.1) is 0 Å². The Morgan fingerprint density at radius 3 is 2.66 bits per heavy atom. The molecule has 2 aromatic carbocycles. The van der Waals surface area contributed by atoms with E-state index in [0.717, 1.165) is 36.8 Å². The minimum absolute atomic E-state index is 0.356. The number of anilines is 2. The Hall–Kier alpha value is -3.48. The normalized spacial score (nSPS) is 15.5. The fraction of sp³-hybridized carbons (Fsp3) is 0.360. The number of hydrogen-bond acceptors (Lipinski definition) is 4. The first-order chi connectivity index (χ1) is 15.4. The third kappa shape index (κ3) is 5.60. The lowest BCUT2D eigenvalue weighted by atomic mass is 9.99. The zero-order chi connectivity index (χ0) is 23.1. The summed E-state index contributed by atoms with van der Waals surface area (Å²) in [5, 5.41) is 14.1. The van der Waals surface area contributed by atoms with E-state index in [1.54, 1.807) is 13.1 Å². The monoisotopic (exact) mass is 433 g/mol. The van der Waals surface area contributed by atoms with Crippen LogP contribution in [0.1, 0.15) is 50.2 Å². The molecule has 0 aliphatic carbocycles. The molecule has 0 fully saturated rings. The Morgan fingerprint density at radius 1 is 1.12 bits per heavy atom. The number of carbonyl (C=O) groups is 2. The standard InChI is InChI=1S/C25H31N5O2/c1-4-5-6-7-14-20(26)22-19-13-8-9-15-21(19)30(3)24(31)23(28-22)29-25(32)27-18-12-10-11-17(2)16-18/h8-13,15-16,23,26H,4-7,14H2,1-3H3,(H2,27,29,32). The van der Waals surface area contributed by atoms with Crippen LogP contribution < -0.4 is 15.5 Å². The third-order valence-electron chi connectivity index (χ3n) is 5.45. The molecule has 3 N–H and O–H groups in total. The number of amides is 3. The lowest BCUT2D eigenvalue weighted by Crippen LogP contribution is -2.47. The van der Waals surface area contributed by atoms with Crippen LogP contribution in [0.4, 0.5) is 16.2 Å². The Balaban J connectivity index is 1.85. The van der Waals surface area contributed by atoms with Crippen LogP contribution in [0.3, 0.4) is 0 Å². The van der Waals surface area contributed by atoms with E-state index in [4.69, 9.17) is 5.41 Å². The number of urea groups is 1. The summed E-state index contributed by atoms with van der Waals surface area (Å²) in [5.74, 6) is -0.356. The number of aryl methyl sites for hydroxylation is 1. The van der Waals surface area contributed by atoms with Gasteiger partial charge in [-0.05, 0) is 43.5 Å². The smallest absolute Gasteiger partial charge is 0.311 e. The highest BCUT2D eigenvalue weighted by Gasteiger charge is 2.31. The average molecular weight is 434 g/mol. The molecular formula is C25H31N5O2. The van der Waals surface area contributed by atoms with E-state index < -0.39 is 12.2 Å². The van der Waals surface area contributed by atoms with Gasteiger partial charge in [-0.25, -0.2) is 9.79 Å². The van der Waals surface area contributed by atoms with E-state index in [1.165, 1.54) is 4.90 Å². The number of nitrogens with zero attached hydrogens (tertiary/aromatic N) is 2. The third-order valence-corrected chi connectivity index (χ3v) is 5.45. The Labute approximate surface area is 189 Å². The summed E-state index contributed by atoms with van der Waals surface area (Å²) < 4.78 is 0. The van der Waals surface area contributed by atoms with Crippen molar-refractivity contribution in [3.63, 3.8) is 0 Å². The van der Waals surface area contributed by atoms with E-state index in [1.807, 2.05) is 49.4 Å². The largest absolute Gasteiger partial charge is 0.321 e. The van der Waals surface area contributed by atoms with Crippen molar-refractivity contribution in [3.8, 4) is 0 Å². The van der Waals surface area contributed by atoms with Crippen molar-refractivity contribution < 1.29 is 9.59 Å². The second kappa shape index (κ2) is 10.7. The van der Waals surface area contributed by atoms with Crippen molar-refractivity contribution in [2.75, 3.05) is 17.3 Å². The molecule has 2 aromatic rings. The molecule has 0 saturated carbocycles. The quantitative estimate of drug-likeness (QED) is 0.408. The van der Waals surface area contributed by atoms with Gasteiger partial charge in [0, 0.05) is 18.3 Å². The summed E-state index contributed by atoms with van der Waals surface area (Å²) in [7, 11) is 1.66. The van der Waals surface area contributed by atoms with Gasteiger partial charge >= 0.3 is 6.03 Å². The predicted molar refractivity (Wildman–Crippen MR) is 130 cm³/mol. The van der Waals surface area contributed by atoms with E-state index in [2.05, 4.69) is 22.5 Å². The van der Waals surface area contributed by atoms with Crippen molar-refractivity contribution in [1.29, 1.82) is 5.41 Å². The van der Waals surface area contributed by atoms with Crippen molar-refractivity contribution in [2.45, 2.75) is 52.1 Å². The van der Waals surface area contributed by atoms with E-state index in [0.29, 0.717) is 29.2 Å². The number of nitrogens with one attached hydrogen (secondary N) is 3. The van der Waals surface area contributed by atoms with E-state index >= 15 is 0 Å². The molecule has 0 saturated heterocycles. The number of aliphatic imine (C=N–C) groups is 1. The molecular weight excluding hydrogens is 402 g/mol. The van der Waals surface area contributed by atoms with Crippen LogP contribution in [0.2, 0.25) is 0 Å². The maximum absolute atomic E-state index is 13.1. The molecule has 0 radical (unpaired) electrons. The number of fused-ring (bicyclic) bond motifs is 1. The average Bonchev–Trinajstić information content (AvgIpc) is 2.87. The maximum Gasteiger partial charge on any atom is 0.321 e. The lowest BCUT2D eigenvalue weighted by molar-refractivity contribution is -0.119. The molecule has 1 aliphatic heterocycles. The van der Waals surface area contributed by atoms with Crippen molar-refractivity contribution >= 4 is 34.7 Å². The molecule has 1 heterocycles. The molecule has 7 nitrogen and oxygen atoms in total. The molecule has 1 atom stereocenters. The number of hydrogen-bond donors (Lipinski definition) is 3. The predicted octanol–water partition coefficient (Wildman–Crippen LogP) is 4.90. The second-order valence-electron chi connectivity index (χ2n) is 8.05. The SMILES string of the molecule is CCCCCCC(=N)C1=NC(NC(=O)Nc2cccc(C)c2)C(=O)N(C)c2ccccc21. The van der Waals surface area contributed by atoms with Gasteiger partial charge in [-0.1, -0.05) is 56.5 Å². The van der Waals surface area contributed by atoms with Gasteiger partial charge in [0.2, 0.25) is 6.17 Å². The van der Waals surface area contributed by atoms with Gasteiger partial charge in [0.1, 0.15) is 0 Å². The van der Waals surface area contributed by atoms with E-state index in [9.17, 15) is 9.59 Å². The van der Waals surface area contributed by atoms with Crippen molar-refractivity contribution in [1.82, 2.24) is 5.32 Å². The number of rotatable bonds is 8. The van der Waals surface area contributed by atoms with Crippen molar-refractivity contribution in [3.05, 3.63) is 59.7 Å². The fourth-order valence-corrected chi connectivity index (χ4v) is 3.72. The number of unbranched alkanes of at least 4 members (excludes halogenated alkanes) is 3. The Bertz CT molecular complexity index is 1030. The number of benzene rings is 2. The first-order valence-electron chi connectivity index (χ1n) is 11.1. The van der Waals surface area contributed by atoms with Gasteiger partial charge in [-0.3, -0.25) is 4.79 Å². The van der Waals surface area contributed by atoms with Crippen LogP contribution in [-0.2, 0) is 4.79 Å². The van der Waals surface area contributed by atoms with Crippen LogP contribution in [0, 0.1) is 12.3 Å². The van der Waals surface area contributed by atoms with E-state index in [-0.39, 0.29) is 5.91 Å². The molecule has 7 heteroatoms. The molecule has 32 heavy (non-hydrogen) atoms. The van der Waals surface area contributed by atoms with Gasteiger partial charge in [0.15, 0.2) is 0 Å². The topological polar surface area (TPSA) is 97.6 Å². The number of carbonyl (C=O) groups excluding carboxylic acids is 2. The van der Waals surface area contributed by atoms with Gasteiger partial charge in [0.25, 0.3) is 5.91 Å². The zero-order valence-corrected chi connectivity index (χ0v) is 18.9. The number of likely N-dealkylation sites (N-methyl/N-ethyl adjacent to an activating group) is 1. The van der Waals surface area contributed by atoms with Crippen LogP contribution in [-0.4, -0.2) is 36.6 Å². The molecule has 0 spiro atoms. The Morgan fingerprint density at radius 2 is 1.91 bits per heavy atom. The molecule has 3 amide bonds. The molecule has 1 unspecified atom stereocenters. The van der Waals surface area contributed by atoms with Gasteiger partial charge < -0.3 is 20.9 Å². The van der Waals surface area contributed by atoms with Gasteiger partial charge in [0.05, 0.1) is 17.1 Å². The highest BCUT2D eigenvalue weighted by Crippen LogP contribution is 2.25. The first kappa shape index (κ1) is 23.2. The van der Waals surface area contributed by atoms with Gasteiger partial charge in [-0.2, -0.15) is 0 Å². The zero-order valence-electron chi connectivity index (χ0n) is 18.9. The first-order valence-corrected chi connectivity index (χ1v) is 11.1. The van der Waals surface area contributed by atoms with Crippen LogP contribution in [0.15, 0.2) is 53.5 Å². The number of para-hydroxylation sites is 1. The molecule has 168 valence electrons. The maximum atomic E-state index is 13.1. The molecule has 0 aromatic heterocycles. The summed E-state index contributed by atoms with van der Waals surface area (Å²) in [5.41, 5.74) is 3.89. The highest BCUT2D eigenvalue weighted by molar-refractivity contribution is 6.49. The highest BCUT2D eigenvalue weighted by atomic mass is 16.2. The summed E-state index contributed by atoms with van der Waals surface area (Å²) >= 11 is 0. The summed E-state index contributed by atoms with van der Waals surface area (Å²) in [6, 6.07) is 14.3. The van der Waals surface area contributed by atoms with Crippen LogP contribution in [0.25, 0.3) is 0 Å². The fourth-order valence-electron chi connectivity index (χ4n) is 3.72.